The maximum Gasteiger partial charge on any atom is 0.309 e. The van der Waals surface area contributed by atoms with Crippen LogP contribution in [-0.4, -0.2) is 12.6 Å². The van der Waals surface area contributed by atoms with E-state index in [0.717, 1.165) is 25.3 Å². The molecule has 2 aliphatic carbocycles. The molecule has 0 spiro atoms. The van der Waals surface area contributed by atoms with Gasteiger partial charge in [-0.2, -0.15) is 4.57 Å². The molecule has 2 bridgehead atoms. The largest absolute Gasteiger partial charge is 0.465 e. The number of fused-ring (bicyclic) bond motifs is 2. The van der Waals surface area contributed by atoms with Crippen molar-refractivity contribution in [1.29, 1.82) is 0 Å². The standard InChI is InChI=1S/C21H26NO2S/c1-15-20(25-14-22(15)13-16-5-3-2-4-6-16)9-10-24-21(23)19-12-17-7-8-18(19)11-17/h2-6,14,17-19H,7-13H2,1H3/q+1/t17-,18-,19+/m0/s1. The van der Waals surface area contributed by atoms with E-state index in [-0.39, 0.29) is 11.9 Å². The summed E-state index contributed by atoms with van der Waals surface area (Å²) in [6.45, 7) is 3.57. The zero-order valence-electron chi connectivity index (χ0n) is 14.8. The number of hydrogen-bond acceptors (Lipinski definition) is 3. The van der Waals surface area contributed by atoms with E-state index in [9.17, 15) is 4.79 Å². The molecule has 3 nitrogen and oxygen atoms in total. The van der Waals surface area contributed by atoms with Crippen molar-refractivity contribution in [3.05, 3.63) is 52.0 Å². The van der Waals surface area contributed by atoms with Crippen molar-refractivity contribution in [2.24, 2.45) is 17.8 Å². The molecule has 4 heteroatoms. The summed E-state index contributed by atoms with van der Waals surface area (Å²) in [6, 6.07) is 10.5. The summed E-state index contributed by atoms with van der Waals surface area (Å²) >= 11 is 1.76. The lowest BCUT2D eigenvalue weighted by Gasteiger charge is -2.19. The number of thiazole rings is 1. The minimum absolute atomic E-state index is 0.0542. The number of hydrogen-bond donors (Lipinski definition) is 0. The van der Waals surface area contributed by atoms with Crippen molar-refractivity contribution in [1.82, 2.24) is 0 Å². The molecule has 0 radical (unpaired) electrons. The van der Waals surface area contributed by atoms with Crippen molar-refractivity contribution < 1.29 is 14.1 Å². The molecule has 2 fully saturated rings. The molecule has 132 valence electrons. The first-order valence-corrected chi connectivity index (χ1v) is 10.3. The Labute approximate surface area is 153 Å². The van der Waals surface area contributed by atoms with E-state index in [0.29, 0.717) is 12.5 Å². The molecule has 1 aromatic heterocycles. The minimum atomic E-state index is 0.0542. The monoisotopic (exact) mass is 356 g/mol. The van der Waals surface area contributed by atoms with E-state index >= 15 is 0 Å². The maximum absolute atomic E-state index is 12.3. The number of nitrogens with zero attached hydrogens (tertiary/aromatic N) is 1. The zero-order chi connectivity index (χ0) is 17.2. The Morgan fingerprint density at radius 1 is 1.24 bits per heavy atom. The molecular weight excluding hydrogens is 330 g/mol. The third-order valence-corrected chi connectivity index (χ3v) is 7.11. The Kier molecular flexibility index (Phi) is 4.89. The Bertz CT molecular complexity index is 740. The fraction of sp³-hybridized carbons (Fsp3) is 0.524. The van der Waals surface area contributed by atoms with Crippen molar-refractivity contribution in [3.8, 4) is 0 Å². The van der Waals surface area contributed by atoms with Crippen LogP contribution in [0.15, 0.2) is 35.8 Å². The van der Waals surface area contributed by atoms with Crippen LogP contribution in [0.25, 0.3) is 0 Å². The maximum atomic E-state index is 12.3. The summed E-state index contributed by atoms with van der Waals surface area (Å²) in [5.74, 6) is 1.64. The summed E-state index contributed by atoms with van der Waals surface area (Å²) in [5.41, 5.74) is 4.77. The molecule has 2 aliphatic rings. The molecule has 0 aliphatic heterocycles. The van der Waals surface area contributed by atoms with Crippen molar-refractivity contribution >= 4 is 17.3 Å². The second-order valence-electron chi connectivity index (χ2n) is 7.54. The first-order chi connectivity index (χ1) is 12.2. The summed E-state index contributed by atoms with van der Waals surface area (Å²) in [7, 11) is 0. The van der Waals surface area contributed by atoms with Crippen molar-refractivity contribution in [3.63, 3.8) is 0 Å². The second-order valence-corrected chi connectivity index (χ2v) is 8.48. The summed E-state index contributed by atoms with van der Waals surface area (Å²) in [5, 5.41) is 0. The van der Waals surface area contributed by atoms with Gasteiger partial charge >= 0.3 is 5.97 Å². The van der Waals surface area contributed by atoms with Gasteiger partial charge in [0, 0.05) is 18.9 Å². The van der Waals surface area contributed by atoms with Crippen LogP contribution < -0.4 is 4.57 Å². The number of rotatable bonds is 6. The summed E-state index contributed by atoms with van der Waals surface area (Å²) in [4.78, 5) is 13.6. The quantitative estimate of drug-likeness (QED) is 0.580. The highest BCUT2D eigenvalue weighted by atomic mass is 32.1. The van der Waals surface area contributed by atoms with Gasteiger partial charge in [-0.1, -0.05) is 48.1 Å². The van der Waals surface area contributed by atoms with Gasteiger partial charge in [0.1, 0.15) is 0 Å². The minimum Gasteiger partial charge on any atom is -0.465 e. The van der Waals surface area contributed by atoms with Gasteiger partial charge in [0.15, 0.2) is 12.2 Å². The Hall–Kier alpha value is -1.68. The van der Waals surface area contributed by atoms with Crippen molar-refractivity contribution in [2.75, 3.05) is 6.61 Å². The molecule has 1 heterocycles. The Morgan fingerprint density at radius 2 is 2.08 bits per heavy atom. The lowest BCUT2D eigenvalue weighted by molar-refractivity contribution is -0.689. The number of carbonyl (C=O) groups is 1. The summed E-state index contributed by atoms with van der Waals surface area (Å²) < 4.78 is 7.91. The van der Waals surface area contributed by atoms with E-state index in [1.165, 1.54) is 35.4 Å². The smallest absolute Gasteiger partial charge is 0.309 e. The topological polar surface area (TPSA) is 30.2 Å². The molecule has 4 rings (SSSR count). The van der Waals surface area contributed by atoms with Gasteiger partial charge in [-0.05, 0) is 31.1 Å². The molecule has 0 amide bonds. The fourth-order valence-electron chi connectivity index (χ4n) is 4.51. The van der Waals surface area contributed by atoms with Gasteiger partial charge in [0.05, 0.1) is 17.4 Å². The molecule has 0 N–H and O–H groups in total. The SMILES string of the molecule is Cc1c(CCOC(=O)[C@@H]2C[C@H]3CC[C@H]2C3)sc[n+]1Cc1ccccc1. The molecule has 25 heavy (non-hydrogen) atoms. The van der Waals surface area contributed by atoms with Crippen LogP contribution in [0.5, 0.6) is 0 Å². The lowest BCUT2D eigenvalue weighted by atomic mass is 9.89. The zero-order valence-corrected chi connectivity index (χ0v) is 15.6. The highest BCUT2D eigenvalue weighted by molar-refractivity contribution is 7.09. The average molecular weight is 357 g/mol. The second kappa shape index (κ2) is 7.28. The highest BCUT2D eigenvalue weighted by Gasteiger charge is 2.43. The van der Waals surface area contributed by atoms with Crippen LogP contribution >= 0.6 is 11.3 Å². The molecule has 2 aromatic rings. The Morgan fingerprint density at radius 3 is 2.80 bits per heavy atom. The van der Waals surface area contributed by atoms with Gasteiger partial charge < -0.3 is 4.74 Å². The van der Waals surface area contributed by atoms with Gasteiger partial charge in [-0.3, -0.25) is 4.79 Å². The van der Waals surface area contributed by atoms with E-state index < -0.39 is 0 Å². The normalized spacial score (nSPS) is 24.6. The third kappa shape index (κ3) is 3.64. The first-order valence-electron chi connectivity index (χ1n) is 9.37. The van der Waals surface area contributed by atoms with Gasteiger partial charge in [-0.15, -0.1) is 0 Å². The van der Waals surface area contributed by atoms with Crippen LogP contribution in [0.4, 0.5) is 0 Å². The molecule has 1 aromatic carbocycles. The Balaban J connectivity index is 1.29. The van der Waals surface area contributed by atoms with Crippen LogP contribution in [0.2, 0.25) is 0 Å². The molecule has 0 saturated heterocycles. The number of aromatic nitrogens is 1. The molecular formula is C21H26NO2S+. The van der Waals surface area contributed by atoms with Crippen LogP contribution in [-0.2, 0) is 22.5 Å². The van der Waals surface area contributed by atoms with Crippen LogP contribution in [0, 0.1) is 24.7 Å². The molecule has 2 saturated carbocycles. The number of ether oxygens (including phenoxy) is 1. The van der Waals surface area contributed by atoms with E-state index in [4.69, 9.17) is 4.74 Å². The first kappa shape index (κ1) is 16.8. The van der Waals surface area contributed by atoms with Gasteiger partial charge in [-0.25, -0.2) is 0 Å². The van der Waals surface area contributed by atoms with E-state index in [1.54, 1.807) is 11.3 Å². The van der Waals surface area contributed by atoms with E-state index in [1.807, 2.05) is 6.07 Å². The average Bonchev–Trinajstić information content (AvgIpc) is 3.34. The lowest BCUT2D eigenvalue weighted by Crippen LogP contribution is -2.35. The number of benzene rings is 1. The number of esters is 1. The van der Waals surface area contributed by atoms with Crippen molar-refractivity contribution in [2.45, 2.75) is 45.6 Å². The highest BCUT2D eigenvalue weighted by Crippen LogP contribution is 2.48. The van der Waals surface area contributed by atoms with Crippen LogP contribution in [0.1, 0.15) is 41.8 Å². The predicted molar refractivity (Wildman–Crippen MR) is 98.4 cm³/mol. The molecule has 3 atom stereocenters. The van der Waals surface area contributed by atoms with Crippen LogP contribution in [0.3, 0.4) is 0 Å². The predicted octanol–water partition coefficient (Wildman–Crippen LogP) is 3.91. The van der Waals surface area contributed by atoms with Gasteiger partial charge in [0.2, 0.25) is 5.51 Å². The summed E-state index contributed by atoms with van der Waals surface area (Å²) in [6.07, 6.45) is 5.70. The third-order valence-electron chi connectivity index (χ3n) is 5.97. The fourth-order valence-corrected chi connectivity index (χ4v) is 5.49. The number of carbonyl (C=O) groups excluding carboxylic acids is 1. The van der Waals surface area contributed by atoms with E-state index in [2.05, 4.69) is 41.3 Å². The van der Waals surface area contributed by atoms with Gasteiger partial charge in [0.25, 0.3) is 0 Å². The molecule has 0 unspecified atom stereocenters.